The molecule has 2 aliphatic rings. The Balaban J connectivity index is 1.24. The van der Waals surface area contributed by atoms with Crippen molar-refractivity contribution in [1.29, 1.82) is 0 Å². The van der Waals surface area contributed by atoms with Crippen molar-refractivity contribution in [2.24, 2.45) is 18.9 Å². The molecule has 1 aromatic carbocycles. The maximum absolute atomic E-state index is 12.4. The second kappa shape index (κ2) is 7.27. The lowest BCUT2D eigenvalue weighted by molar-refractivity contribution is -0.117. The molecule has 29 heavy (non-hydrogen) atoms. The molecule has 3 aromatic rings. The number of fused-ring (bicyclic) bond motifs is 2. The van der Waals surface area contributed by atoms with Gasteiger partial charge in [0.05, 0.1) is 36.1 Å². The number of aliphatic hydroxyl groups excluding tert-OH is 1. The van der Waals surface area contributed by atoms with Gasteiger partial charge in [-0.2, -0.15) is 5.10 Å². The Kier molecular flexibility index (Phi) is 4.60. The van der Waals surface area contributed by atoms with Crippen LogP contribution < -0.4 is 5.32 Å². The van der Waals surface area contributed by atoms with E-state index in [-0.39, 0.29) is 11.9 Å². The first-order chi connectivity index (χ1) is 14.1. The van der Waals surface area contributed by atoms with Crippen LogP contribution in [0.25, 0.3) is 11.0 Å². The zero-order chi connectivity index (χ0) is 20.0. The number of nitrogens with one attached hydrogen (secondary N) is 1. The summed E-state index contributed by atoms with van der Waals surface area (Å²) in [6.45, 7) is 2.10. The molecule has 4 atom stereocenters. The summed E-state index contributed by atoms with van der Waals surface area (Å²) >= 11 is 0. The van der Waals surface area contributed by atoms with Crippen molar-refractivity contribution in [2.45, 2.75) is 25.0 Å². The first kappa shape index (κ1) is 18.3. The molecule has 152 valence electrons. The van der Waals surface area contributed by atoms with Crippen molar-refractivity contribution in [3.05, 3.63) is 42.9 Å². The van der Waals surface area contributed by atoms with Crippen molar-refractivity contribution in [3.8, 4) is 0 Å². The number of benzene rings is 1. The predicted molar refractivity (Wildman–Crippen MR) is 109 cm³/mol. The van der Waals surface area contributed by atoms with E-state index in [1.807, 2.05) is 31.6 Å². The summed E-state index contributed by atoms with van der Waals surface area (Å²) < 4.78 is 3.80. The first-order valence-corrected chi connectivity index (χ1v) is 10.2. The number of nitrogens with zero attached hydrogens (tertiary/aromatic N) is 5. The van der Waals surface area contributed by atoms with Gasteiger partial charge < -0.3 is 15.0 Å². The molecule has 2 aromatic heterocycles. The molecule has 1 aliphatic heterocycles. The molecule has 8 nitrogen and oxygen atoms in total. The number of aryl methyl sites for hydroxylation is 1. The lowest BCUT2D eigenvalue weighted by atomic mass is 9.77. The summed E-state index contributed by atoms with van der Waals surface area (Å²) in [6, 6.07) is 9.88. The summed E-state index contributed by atoms with van der Waals surface area (Å²) in [5, 5.41) is 17.9. The SMILES string of the molecule is Cn1ccc(NC(=O)CN2C[C@H]3C[C@@H](n4cnc5ccccc54)[C@H](O)C[C@H]3C2)n1. The zero-order valence-corrected chi connectivity index (χ0v) is 16.5. The van der Waals surface area contributed by atoms with Crippen LogP contribution in [0, 0.1) is 11.8 Å². The Morgan fingerprint density at radius 2 is 2.00 bits per heavy atom. The number of aromatic nitrogens is 4. The molecule has 0 radical (unpaired) electrons. The molecule has 2 N–H and O–H groups in total. The summed E-state index contributed by atoms with van der Waals surface area (Å²) in [5.74, 6) is 1.45. The van der Waals surface area contributed by atoms with Crippen LogP contribution in [0.2, 0.25) is 0 Å². The molecule has 1 amide bonds. The topological polar surface area (TPSA) is 88.2 Å². The van der Waals surface area contributed by atoms with Crippen LogP contribution >= 0.6 is 0 Å². The Morgan fingerprint density at radius 3 is 2.79 bits per heavy atom. The number of amides is 1. The third-order valence-electron chi connectivity index (χ3n) is 6.37. The van der Waals surface area contributed by atoms with Gasteiger partial charge in [-0.15, -0.1) is 0 Å². The molecule has 1 saturated carbocycles. The number of rotatable bonds is 4. The minimum atomic E-state index is -0.392. The summed E-state index contributed by atoms with van der Waals surface area (Å²) in [7, 11) is 1.83. The lowest BCUT2D eigenvalue weighted by Gasteiger charge is -2.36. The van der Waals surface area contributed by atoms with Crippen molar-refractivity contribution < 1.29 is 9.90 Å². The molecular weight excluding hydrogens is 368 g/mol. The largest absolute Gasteiger partial charge is 0.391 e. The minimum absolute atomic E-state index is 0.0333. The van der Waals surface area contributed by atoms with Crippen molar-refractivity contribution >= 4 is 22.8 Å². The van der Waals surface area contributed by atoms with Crippen LogP contribution in [0.15, 0.2) is 42.9 Å². The number of likely N-dealkylation sites (tertiary alicyclic amines) is 1. The van der Waals surface area contributed by atoms with E-state index in [1.54, 1.807) is 16.9 Å². The maximum atomic E-state index is 12.4. The molecule has 1 aliphatic carbocycles. The highest BCUT2D eigenvalue weighted by atomic mass is 16.3. The van der Waals surface area contributed by atoms with E-state index in [4.69, 9.17) is 0 Å². The number of hydrogen-bond acceptors (Lipinski definition) is 5. The van der Waals surface area contributed by atoms with Gasteiger partial charge in [-0.3, -0.25) is 14.4 Å². The number of hydrogen-bond donors (Lipinski definition) is 2. The Bertz CT molecular complexity index is 1030. The maximum Gasteiger partial charge on any atom is 0.239 e. The predicted octanol–water partition coefficient (Wildman–Crippen LogP) is 1.65. The number of aliphatic hydroxyl groups is 1. The fourth-order valence-corrected chi connectivity index (χ4v) is 5.04. The van der Waals surface area contributed by atoms with E-state index in [9.17, 15) is 9.90 Å². The van der Waals surface area contributed by atoms with E-state index >= 15 is 0 Å². The van der Waals surface area contributed by atoms with Crippen molar-refractivity contribution in [1.82, 2.24) is 24.2 Å². The van der Waals surface area contributed by atoms with Gasteiger partial charge in [0.2, 0.25) is 5.91 Å². The fourth-order valence-electron chi connectivity index (χ4n) is 5.04. The standard InChI is InChI=1S/C21H26N6O2/c1-25-7-6-20(24-25)23-21(29)12-26-10-14-8-18(19(28)9-15(14)11-26)27-13-22-16-4-2-3-5-17(16)27/h2-7,13-15,18-19,28H,8-12H2,1H3,(H,23,24,29)/t14-,15+,18-,19-/m1/s1. The van der Waals surface area contributed by atoms with Crippen LogP contribution in [0.4, 0.5) is 5.82 Å². The Labute approximate surface area is 169 Å². The lowest BCUT2D eigenvalue weighted by Crippen LogP contribution is -2.36. The number of anilines is 1. The molecule has 3 heterocycles. The average molecular weight is 394 g/mol. The molecule has 8 heteroatoms. The number of para-hydroxylation sites is 2. The van der Waals surface area contributed by atoms with Crippen LogP contribution in [0.5, 0.6) is 0 Å². The van der Waals surface area contributed by atoms with Gasteiger partial charge in [0.25, 0.3) is 0 Å². The molecule has 0 unspecified atom stereocenters. The minimum Gasteiger partial charge on any atom is -0.391 e. The van der Waals surface area contributed by atoms with Gasteiger partial charge in [0, 0.05) is 32.4 Å². The van der Waals surface area contributed by atoms with Gasteiger partial charge in [-0.05, 0) is 36.8 Å². The third-order valence-corrected chi connectivity index (χ3v) is 6.37. The Hall–Kier alpha value is -2.71. The van der Waals surface area contributed by atoms with E-state index in [0.717, 1.165) is 37.0 Å². The quantitative estimate of drug-likeness (QED) is 0.703. The van der Waals surface area contributed by atoms with Crippen LogP contribution in [-0.2, 0) is 11.8 Å². The van der Waals surface area contributed by atoms with Gasteiger partial charge in [0.1, 0.15) is 0 Å². The summed E-state index contributed by atoms with van der Waals surface area (Å²) in [5.41, 5.74) is 2.03. The second-order valence-electron chi connectivity index (χ2n) is 8.38. The van der Waals surface area contributed by atoms with Gasteiger partial charge in [-0.25, -0.2) is 4.98 Å². The summed E-state index contributed by atoms with van der Waals surface area (Å²) in [6.07, 6.45) is 4.94. The van der Waals surface area contributed by atoms with Gasteiger partial charge in [-0.1, -0.05) is 12.1 Å². The summed E-state index contributed by atoms with van der Waals surface area (Å²) in [4.78, 5) is 19.1. The van der Waals surface area contributed by atoms with Gasteiger partial charge >= 0.3 is 0 Å². The van der Waals surface area contributed by atoms with E-state index in [2.05, 4.69) is 30.9 Å². The first-order valence-electron chi connectivity index (χ1n) is 10.2. The van der Waals surface area contributed by atoms with Crippen molar-refractivity contribution in [2.75, 3.05) is 25.0 Å². The highest BCUT2D eigenvalue weighted by Crippen LogP contribution is 2.42. The normalized spacial score (nSPS) is 27.2. The van der Waals surface area contributed by atoms with Crippen LogP contribution in [-0.4, -0.2) is 61.0 Å². The number of carbonyl (C=O) groups excluding carboxylic acids is 1. The Morgan fingerprint density at radius 1 is 1.21 bits per heavy atom. The van der Waals surface area contributed by atoms with Crippen LogP contribution in [0.1, 0.15) is 18.9 Å². The van der Waals surface area contributed by atoms with Gasteiger partial charge in [0.15, 0.2) is 5.82 Å². The molecule has 2 fully saturated rings. The number of imidazole rings is 1. The third kappa shape index (κ3) is 3.54. The smallest absolute Gasteiger partial charge is 0.239 e. The van der Waals surface area contributed by atoms with E-state index < -0.39 is 6.10 Å². The molecule has 5 rings (SSSR count). The monoisotopic (exact) mass is 394 g/mol. The fraction of sp³-hybridized carbons (Fsp3) is 0.476. The highest BCUT2D eigenvalue weighted by Gasteiger charge is 2.42. The second-order valence-corrected chi connectivity index (χ2v) is 8.38. The number of carbonyl (C=O) groups is 1. The van der Waals surface area contributed by atoms with Crippen molar-refractivity contribution in [3.63, 3.8) is 0 Å². The van der Waals surface area contributed by atoms with E-state index in [1.165, 1.54) is 0 Å². The zero-order valence-electron chi connectivity index (χ0n) is 16.5. The van der Waals surface area contributed by atoms with Crippen LogP contribution in [0.3, 0.4) is 0 Å². The molecular formula is C21H26N6O2. The molecule has 1 saturated heterocycles. The van der Waals surface area contributed by atoms with E-state index in [0.29, 0.717) is 24.2 Å². The molecule has 0 bridgehead atoms. The average Bonchev–Trinajstić information content (AvgIpc) is 3.39. The molecule has 0 spiro atoms. The highest BCUT2D eigenvalue weighted by molar-refractivity contribution is 5.91.